The van der Waals surface area contributed by atoms with Crippen molar-refractivity contribution in [1.29, 1.82) is 0 Å². The Morgan fingerprint density at radius 1 is 0.545 bits per heavy atom. The Bertz CT molecular complexity index is 2090. The molecule has 3 nitrogen and oxygen atoms in total. The van der Waals surface area contributed by atoms with Crippen molar-refractivity contribution in [2.24, 2.45) is 22.7 Å². The molecule has 77 heavy (non-hydrogen) atoms. The summed E-state index contributed by atoms with van der Waals surface area (Å²) >= 11 is 0. The quantitative estimate of drug-likeness (QED) is 0.0266. The summed E-state index contributed by atoms with van der Waals surface area (Å²) in [5, 5.41) is 0. The molecular formula is C74H116O3. The molecule has 0 saturated carbocycles. The molecule has 0 fully saturated rings. The van der Waals surface area contributed by atoms with Gasteiger partial charge in [-0.2, -0.15) is 0 Å². The predicted molar refractivity (Wildman–Crippen MR) is 340 cm³/mol. The van der Waals surface area contributed by atoms with Gasteiger partial charge in [0.25, 0.3) is 0 Å². The Labute approximate surface area is 476 Å². The molecule has 0 bridgehead atoms. The van der Waals surface area contributed by atoms with Gasteiger partial charge in [-0.1, -0.05) is 300 Å². The summed E-state index contributed by atoms with van der Waals surface area (Å²) in [4.78, 5) is 26.1. The zero-order chi connectivity index (χ0) is 56.6. The van der Waals surface area contributed by atoms with Crippen molar-refractivity contribution in [3.05, 3.63) is 154 Å². The summed E-state index contributed by atoms with van der Waals surface area (Å²) in [6.07, 6.45) is 76.1. The fourth-order valence-corrected chi connectivity index (χ4v) is 11.3. The van der Waals surface area contributed by atoms with Gasteiger partial charge in [-0.25, -0.2) is 0 Å². The minimum absolute atomic E-state index is 0.0246. The SMILES string of the molecule is CCCCC/C=C\C/C=C\CCCCCCCC(=O)[C@H]1C=C(C)[C@H](/C=C/C(C)=C/C=C/C(C)=C/C=C/C=C(C)/C=C/C=C(C)/C=C/C2=C(C)C[C@@H](OC(=O)CCCCCCCCCCCCCCC)CC2(C)C)C(C)(C)C1. The first kappa shape index (κ1) is 68.9. The van der Waals surface area contributed by atoms with E-state index in [4.69, 9.17) is 4.74 Å². The zero-order valence-electron chi connectivity index (χ0n) is 51.9. The summed E-state index contributed by atoms with van der Waals surface area (Å²) < 4.78 is 6.04. The van der Waals surface area contributed by atoms with Gasteiger partial charge < -0.3 is 4.74 Å². The first-order chi connectivity index (χ1) is 37.0. The molecule has 0 aromatic rings. The van der Waals surface area contributed by atoms with Crippen molar-refractivity contribution in [3.63, 3.8) is 0 Å². The molecule has 3 heteroatoms. The Morgan fingerprint density at radius 2 is 1.00 bits per heavy atom. The van der Waals surface area contributed by atoms with E-state index in [0.717, 1.165) is 51.4 Å². The third-order valence-corrected chi connectivity index (χ3v) is 15.9. The summed E-state index contributed by atoms with van der Waals surface area (Å²) in [5.41, 5.74) is 8.75. The lowest BCUT2D eigenvalue weighted by Gasteiger charge is -2.40. The van der Waals surface area contributed by atoms with Gasteiger partial charge >= 0.3 is 5.97 Å². The molecule has 0 unspecified atom stereocenters. The number of ether oxygens (including phenoxy) is 1. The van der Waals surface area contributed by atoms with Crippen molar-refractivity contribution in [2.45, 2.75) is 275 Å². The molecule has 0 saturated heterocycles. The average Bonchev–Trinajstić information content (AvgIpc) is 3.37. The zero-order valence-corrected chi connectivity index (χ0v) is 51.9. The number of carbonyl (C=O) groups is 2. The number of allylic oxidation sites excluding steroid dienone is 25. The van der Waals surface area contributed by atoms with Crippen LogP contribution < -0.4 is 0 Å². The van der Waals surface area contributed by atoms with Gasteiger partial charge in [-0.05, 0) is 116 Å². The van der Waals surface area contributed by atoms with E-state index in [0.29, 0.717) is 24.5 Å². The Morgan fingerprint density at radius 3 is 1.53 bits per heavy atom. The first-order valence-electron chi connectivity index (χ1n) is 31.5. The molecule has 2 aliphatic rings. The summed E-state index contributed by atoms with van der Waals surface area (Å²) in [6.45, 7) is 26.7. The molecule has 0 radical (unpaired) electrons. The molecule has 0 spiro atoms. The number of ketones is 1. The standard InChI is InChI=1S/C74H116O3/c1-13-15-17-19-21-23-25-27-28-30-31-33-35-37-39-51-71(75)67-57-65(7)69(73(9,10)59-67)55-53-63(5)49-43-47-61(3)45-41-42-46-62(4)48-44-50-64(6)54-56-70-66(8)58-68(60-74(70,11)12)77-72(76)52-40-38-36-34-32-29-26-24-22-20-18-16-14-2/h21,23,27-28,41-50,53-57,67-69H,13-20,22,24-26,29-40,51-52,58-60H2,1-12H3/b23-21-,28-27-,42-41+,47-43+,48-44+,55-53+,56-54+,61-45+,62-46+,63-49+,64-50+/t67-,68+,69-/m0/s1. The van der Waals surface area contributed by atoms with Crippen LogP contribution in [0.25, 0.3) is 0 Å². The maximum Gasteiger partial charge on any atom is 0.306 e. The number of hydrogen-bond donors (Lipinski definition) is 0. The Kier molecular flexibility index (Phi) is 37.3. The van der Waals surface area contributed by atoms with Gasteiger partial charge in [-0.3, -0.25) is 9.59 Å². The number of rotatable bonds is 40. The summed E-state index contributed by atoms with van der Waals surface area (Å²) in [6, 6.07) is 0. The molecule has 0 aromatic heterocycles. The normalized spacial score (nSPS) is 20.0. The van der Waals surface area contributed by atoms with Crippen molar-refractivity contribution >= 4 is 11.8 Å². The van der Waals surface area contributed by atoms with Crippen molar-refractivity contribution in [1.82, 2.24) is 0 Å². The number of carbonyl (C=O) groups excluding carboxylic acids is 2. The minimum Gasteiger partial charge on any atom is -0.462 e. The monoisotopic (exact) mass is 1050 g/mol. The first-order valence-corrected chi connectivity index (χ1v) is 31.5. The van der Waals surface area contributed by atoms with Gasteiger partial charge in [0.1, 0.15) is 11.9 Å². The lowest BCUT2D eigenvalue weighted by Crippen LogP contribution is -2.33. The van der Waals surface area contributed by atoms with Gasteiger partial charge in [0.15, 0.2) is 0 Å². The average molecular weight is 1050 g/mol. The Hall–Kier alpha value is -4.24. The van der Waals surface area contributed by atoms with E-state index in [1.165, 1.54) is 161 Å². The number of hydrogen-bond acceptors (Lipinski definition) is 3. The maximum absolute atomic E-state index is 13.3. The van der Waals surface area contributed by atoms with Gasteiger partial charge in [0, 0.05) is 31.1 Å². The van der Waals surface area contributed by atoms with E-state index in [1.54, 1.807) is 0 Å². The van der Waals surface area contributed by atoms with Crippen molar-refractivity contribution < 1.29 is 14.3 Å². The summed E-state index contributed by atoms with van der Waals surface area (Å²) in [5.74, 6) is 0.768. The van der Waals surface area contributed by atoms with Crippen LogP contribution in [0.2, 0.25) is 0 Å². The largest absolute Gasteiger partial charge is 0.462 e. The molecule has 430 valence electrons. The van der Waals surface area contributed by atoms with Crippen LogP contribution in [0.4, 0.5) is 0 Å². The van der Waals surface area contributed by atoms with Crippen LogP contribution in [-0.2, 0) is 14.3 Å². The van der Waals surface area contributed by atoms with Crippen LogP contribution >= 0.6 is 0 Å². The fraction of sp³-hybridized carbons (Fsp3) is 0.622. The second kappa shape index (κ2) is 41.8. The van der Waals surface area contributed by atoms with Crippen LogP contribution in [0.1, 0.15) is 269 Å². The van der Waals surface area contributed by atoms with E-state index in [-0.39, 0.29) is 28.8 Å². The number of unbranched alkanes of at least 4 members (excludes halogenated alkanes) is 20. The highest BCUT2D eigenvalue weighted by Gasteiger charge is 2.37. The van der Waals surface area contributed by atoms with E-state index >= 15 is 0 Å². The highest BCUT2D eigenvalue weighted by atomic mass is 16.5. The highest BCUT2D eigenvalue weighted by Crippen LogP contribution is 2.45. The van der Waals surface area contributed by atoms with Gasteiger partial charge in [0.05, 0.1) is 0 Å². The lowest BCUT2D eigenvalue weighted by atomic mass is 9.64. The van der Waals surface area contributed by atoms with Crippen molar-refractivity contribution in [2.75, 3.05) is 0 Å². The van der Waals surface area contributed by atoms with Crippen LogP contribution in [0.15, 0.2) is 154 Å². The summed E-state index contributed by atoms with van der Waals surface area (Å²) in [7, 11) is 0. The third kappa shape index (κ3) is 33.1. The topological polar surface area (TPSA) is 43.4 Å². The van der Waals surface area contributed by atoms with Crippen LogP contribution in [0.3, 0.4) is 0 Å². The fourth-order valence-electron chi connectivity index (χ4n) is 11.3. The molecule has 3 atom stereocenters. The van der Waals surface area contributed by atoms with Crippen LogP contribution in [0, 0.1) is 22.7 Å². The second-order valence-electron chi connectivity index (χ2n) is 24.7. The van der Waals surface area contributed by atoms with E-state index < -0.39 is 0 Å². The molecule has 2 rings (SSSR count). The smallest absolute Gasteiger partial charge is 0.306 e. The van der Waals surface area contributed by atoms with Gasteiger partial charge in [-0.15, -0.1) is 0 Å². The van der Waals surface area contributed by atoms with Gasteiger partial charge in [0.2, 0.25) is 0 Å². The predicted octanol–water partition coefficient (Wildman–Crippen LogP) is 23.1. The molecule has 0 amide bonds. The Balaban J connectivity index is 1.74. The number of esters is 1. The molecule has 0 aliphatic heterocycles. The second-order valence-corrected chi connectivity index (χ2v) is 24.7. The highest BCUT2D eigenvalue weighted by molar-refractivity contribution is 5.83. The number of Topliss-reactive ketones (excluding diaryl/α,β-unsaturated/α-hetero) is 1. The van der Waals surface area contributed by atoms with E-state index in [2.05, 4.69) is 199 Å². The lowest BCUT2D eigenvalue weighted by molar-refractivity contribution is -0.150. The van der Waals surface area contributed by atoms with E-state index in [9.17, 15) is 9.59 Å². The van der Waals surface area contributed by atoms with Crippen LogP contribution in [-0.4, -0.2) is 17.9 Å². The molecule has 2 aliphatic carbocycles. The molecule has 0 heterocycles. The maximum atomic E-state index is 13.3. The van der Waals surface area contributed by atoms with Crippen LogP contribution in [0.5, 0.6) is 0 Å². The molecule has 0 N–H and O–H groups in total. The molecule has 0 aromatic carbocycles. The van der Waals surface area contributed by atoms with Crippen molar-refractivity contribution in [3.8, 4) is 0 Å². The minimum atomic E-state index is -0.0567. The van der Waals surface area contributed by atoms with E-state index in [1.807, 2.05) is 0 Å². The molecular weight excluding hydrogens is 937 g/mol. The third-order valence-electron chi connectivity index (χ3n) is 15.9.